The highest BCUT2D eigenvalue weighted by Crippen LogP contribution is 2.42. The quantitative estimate of drug-likeness (QED) is 0.637. The van der Waals surface area contributed by atoms with E-state index >= 15 is 0 Å². The minimum atomic E-state index is -4.07. The molecular weight excluding hydrogens is 424 g/mol. The number of fused-ring (bicyclic) bond motifs is 1. The Morgan fingerprint density at radius 1 is 0.938 bits per heavy atom. The van der Waals surface area contributed by atoms with E-state index in [1.165, 1.54) is 11.4 Å². The number of hydrogen-bond donors (Lipinski definition) is 1. The number of hydrogen-bond acceptors (Lipinski definition) is 4. The molecule has 1 amide bonds. The van der Waals surface area contributed by atoms with Crippen molar-refractivity contribution in [2.24, 2.45) is 0 Å². The molecule has 164 valence electrons. The normalized spacial score (nSPS) is 15.7. The van der Waals surface area contributed by atoms with Crippen molar-refractivity contribution in [3.63, 3.8) is 0 Å². The first-order chi connectivity index (χ1) is 15.3. The highest BCUT2D eigenvalue weighted by Gasteiger charge is 2.39. The number of nitrogens with zero attached hydrogens (tertiary/aromatic N) is 1. The van der Waals surface area contributed by atoms with Crippen LogP contribution >= 0.6 is 0 Å². The largest absolute Gasteiger partial charge is 0.497 e. The van der Waals surface area contributed by atoms with Gasteiger partial charge in [0.2, 0.25) is 0 Å². The van der Waals surface area contributed by atoms with E-state index < -0.39 is 22.0 Å². The molecule has 0 fully saturated rings. The Labute approximate surface area is 188 Å². The first-order valence-corrected chi connectivity index (χ1v) is 11.6. The van der Waals surface area contributed by atoms with E-state index in [9.17, 15) is 13.2 Å². The fourth-order valence-electron chi connectivity index (χ4n) is 3.84. The van der Waals surface area contributed by atoms with Crippen LogP contribution in [0, 0.1) is 0 Å². The molecule has 32 heavy (non-hydrogen) atoms. The molecule has 0 bridgehead atoms. The van der Waals surface area contributed by atoms with E-state index in [1.807, 2.05) is 61.5 Å². The third-order valence-corrected chi connectivity index (χ3v) is 7.41. The van der Waals surface area contributed by atoms with Gasteiger partial charge < -0.3 is 10.1 Å². The zero-order valence-corrected chi connectivity index (χ0v) is 18.9. The SMILES string of the molecule is COc1ccc([C@H](C)NC(=O)C2=C(c3ccccc3)c3ccccc3N(C)S2(=O)=O)cc1. The van der Waals surface area contributed by atoms with Crippen LogP contribution in [0.2, 0.25) is 0 Å². The molecule has 0 saturated heterocycles. The van der Waals surface area contributed by atoms with Gasteiger partial charge in [0, 0.05) is 18.2 Å². The lowest BCUT2D eigenvalue weighted by molar-refractivity contribution is -0.117. The minimum absolute atomic E-state index is 0.259. The van der Waals surface area contributed by atoms with Crippen LogP contribution in [0.15, 0.2) is 83.8 Å². The molecule has 3 aromatic carbocycles. The average molecular weight is 449 g/mol. The van der Waals surface area contributed by atoms with Gasteiger partial charge >= 0.3 is 0 Å². The summed E-state index contributed by atoms with van der Waals surface area (Å²) in [6.07, 6.45) is 0. The number of nitrogens with one attached hydrogen (secondary N) is 1. The molecule has 0 unspecified atom stereocenters. The molecule has 7 heteroatoms. The summed E-state index contributed by atoms with van der Waals surface area (Å²) in [7, 11) is -1.02. The smallest absolute Gasteiger partial charge is 0.270 e. The standard InChI is InChI=1S/C25H24N2O4S/c1-17(18-13-15-20(31-3)16-14-18)26-25(28)24-23(19-9-5-4-6-10-19)21-11-7-8-12-22(21)27(2)32(24,29)30/h4-17H,1-3H3,(H,26,28)/t17-/m0/s1. The number of ether oxygens (including phenoxy) is 1. The topological polar surface area (TPSA) is 75.7 Å². The summed E-state index contributed by atoms with van der Waals surface area (Å²) >= 11 is 0. The highest BCUT2D eigenvalue weighted by molar-refractivity contribution is 7.97. The van der Waals surface area contributed by atoms with E-state index in [2.05, 4.69) is 5.32 Å². The maximum Gasteiger partial charge on any atom is 0.270 e. The summed E-state index contributed by atoms with van der Waals surface area (Å²) < 4.78 is 33.3. The summed E-state index contributed by atoms with van der Waals surface area (Å²) in [5, 5.41) is 2.87. The number of amides is 1. The monoisotopic (exact) mass is 448 g/mol. The van der Waals surface area contributed by atoms with Crippen molar-refractivity contribution in [3.8, 4) is 5.75 Å². The molecule has 0 spiro atoms. The van der Waals surface area contributed by atoms with Crippen molar-refractivity contribution in [2.45, 2.75) is 13.0 Å². The summed E-state index contributed by atoms with van der Waals surface area (Å²) in [5.74, 6) is 0.0583. The van der Waals surface area contributed by atoms with Crippen LogP contribution in [0.3, 0.4) is 0 Å². The number of rotatable bonds is 5. The molecule has 1 heterocycles. The van der Waals surface area contributed by atoms with Gasteiger partial charge in [-0.15, -0.1) is 0 Å². The lowest BCUT2D eigenvalue weighted by Crippen LogP contribution is -2.40. The Bertz CT molecular complexity index is 1280. The second-order valence-corrected chi connectivity index (χ2v) is 9.43. The molecule has 0 saturated carbocycles. The van der Waals surface area contributed by atoms with Crippen LogP contribution in [0.25, 0.3) is 5.57 Å². The van der Waals surface area contributed by atoms with Crippen molar-refractivity contribution in [3.05, 3.63) is 100 Å². The Morgan fingerprint density at radius 2 is 1.56 bits per heavy atom. The lowest BCUT2D eigenvalue weighted by Gasteiger charge is -2.31. The maximum absolute atomic E-state index is 13.5. The molecule has 4 rings (SSSR count). The summed E-state index contributed by atoms with van der Waals surface area (Å²) in [6.45, 7) is 1.82. The number of methoxy groups -OCH3 is 1. The Kier molecular flexibility index (Phi) is 5.76. The van der Waals surface area contributed by atoms with Crippen LogP contribution in [0.1, 0.15) is 29.7 Å². The van der Waals surface area contributed by atoms with Gasteiger partial charge in [0.1, 0.15) is 5.75 Å². The third kappa shape index (κ3) is 3.76. The maximum atomic E-state index is 13.5. The van der Waals surface area contributed by atoms with Crippen molar-refractivity contribution in [2.75, 3.05) is 18.5 Å². The summed E-state index contributed by atoms with van der Waals surface area (Å²) in [4.78, 5) is 13.2. The molecule has 1 N–H and O–H groups in total. The number of sulfonamides is 1. The number of anilines is 1. The third-order valence-electron chi connectivity index (χ3n) is 5.59. The van der Waals surface area contributed by atoms with Gasteiger partial charge in [-0.1, -0.05) is 60.7 Å². The lowest BCUT2D eigenvalue weighted by atomic mass is 9.95. The van der Waals surface area contributed by atoms with Crippen molar-refractivity contribution in [1.82, 2.24) is 5.32 Å². The van der Waals surface area contributed by atoms with Gasteiger partial charge in [-0.25, -0.2) is 8.42 Å². The zero-order chi connectivity index (χ0) is 22.9. The Balaban J connectivity index is 1.83. The molecule has 1 aliphatic heterocycles. The molecule has 6 nitrogen and oxygen atoms in total. The second kappa shape index (κ2) is 8.51. The molecule has 1 atom stereocenters. The van der Waals surface area contributed by atoms with E-state index in [1.54, 1.807) is 31.4 Å². The van der Waals surface area contributed by atoms with Crippen molar-refractivity contribution < 1.29 is 17.9 Å². The molecule has 1 aliphatic rings. The molecular formula is C25H24N2O4S. The van der Waals surface area contributed by atoms with E-state index in [4.69, 9.17) is 4.74 Å². The first kappa shape index (κ1) is 21.6. The minimum Gasteiger partial charge on any atom is -0.497 e. The van der Waals surface area contributed by atoms with E-state index in [0.29, 0.717) is 28.1 Å². The van der Waals surface area contributed by atoms with Crippen LogP contribution in [0.4, 0.5) is 5.69 Å². The van der Waals surface area contributed by atoms with E-state index in [0.717, 1.165) is 5.56 Å². The molecule has 3 aromatic rings. The van der Waals surface area contributed by atoms with Gasteiger partial charge in [0.25, 0.3) is 15.9 Å². The predicted octanol–water partition coefficient (Wildman–Crippen LogP) is 4.11. The molecule has 0 aliphatic carbocycles. The zero-order valence-electron chi connectivity index (χ0n) is 18.1. The van der Waals surface area contributed by atoms with Gasteiger partial charge in [0.15, 0.2) is 4.91 Å². The number of benzene rings is 3. The van der Waals surface area contributed by atoms with Crippen molar-refractivity contribution in [1.29, 1.82) is 0 Å². The number of carbonyl (C=O) groups is 1. The average Bonchev–Trinajstić information content (AvgIpc) is 2.81. The molecule has 0 radical (unpaired) electrons. The van der Waals surface area contributed by atoms with Gasteiger partial charge in [0.05, 0.1) is 18.8 Å². The van der Waals surface area contributed by atoms with Gasteiger partial charge in [-0.2, -0.15) is 0 Å². The van der Waals surface area contributed by atoms with Crippen LogP contribution in [0.5, 0.6) is 5.75 Å². The first-order valence-electron chi connectivity index (χ1n) is 10.2. The summed E-state index contributed by atoms with van der Waals surface area (Å²) in [6, 6.07) is 23.2. The van der Waals surface area contributed by atoms with Crippen LogP contribution < -0.4 is 14.4 Å². The van der Waals surface area contributed by atoms with Crippen LogP contribution in [-0.2, 0) is 14.8 Å². The highest BCUT2D eigenvalue weighted by atomic mass is 32.2. The van der Waals surface area contributed by atoms with E-state index in [-0.39, 0.29) is 4.91 Å². The Hall–Kier alpha value is -3.58. The second-order valence-electron chi connectivity index (χ2n) is 7.53. The fraction of sp³-hybridized carbons (Fsp3) is 0.160. The molecule has 0 aromatic heterocycles. The van der Waals surface area contributed by atoms with Gasteiger partial charge in [-0.05, 0) is 36.2 Å². The van der Waals surface area contributed by atoms with Crippen LogP contribution in [-0.4, -0.2) is 28.5 Å². The number of para-hydroxylation sites is 1. The number of carbonyl (C=O) groups excluding carboxylic acids is 1. The Morgan fingerprint density at radius 3 is 2.22 bits per heavy atom. The predicted molar refractivity (Wildman–Crippen MR) is 126 cm³/mol. The van der Waals surface area contributed by atoms with Gasteiger partial charge in [-0.3, -0.25) is 9.10 Å². The van der Waals surface area contributed by atoms with Crippen molar-refractivity contribution >= 4 is 27.2 Å². The summed E-state index contributed by atoms with van der Waals surface area (Å²) in [5.41, 5.74) is 3.13. The fourth-order valence-corrected chi connectivity index (χ4v) is 5.31.